The molecule has 2 heterocycles. The van der Waals surface area contributed by atoms with Crippen LogP contribution in [0.1, 0.15) is 46.2 Å². The lowest BCUT2D eigenvalue weighted by molar-refractivity contribution is 0.0853. The highest BCUT2D eigenvalue weighted by atomic mass is 16.5. The zero-order chi connectivity index (χ0) is 18.4. The second-order valence-electron chi connectivity index (χ2n) is 6.24. The smallest absolute Gasteiger partial charge is 0.269 e. The monoisotopic (exact) mass is 353 g/mol. The van der Waals surface area contributed by atoms with Crippen molar-refractivity contribution in [1.82, 2.24) is 10.3 Å². The zero-order valence-corrected chi connectivity index (χ0v) is 14.8. The third-order valence-electron chi connectivity index (χ3n) is 4.42. The van der Waals surface area contributed by atoms with Gasteiger partial charge in [-0.1, -0.05) is 25.1 Å². The Labute approximate surface area is 153 Å². The van der Waals surface area contributed by atoms with E-state index in [0.717, 1.165) is 37.1 Å². The summed E-state index contributed by atoms with van der Waals surface area (Å²) in [4.78, 5) is 28.9. The van der Waals surface area contributed by atoms with Gasteiger partial charge in [-0.25, -0.2) is 0 Å². The molecule has 1 aromatic carbocycles. The van der Waals surface area contributed by atoms with E-state index < -0.39 is 0 Å². The number of anilines is 1. The van der Waals surface area contributed by atoms with Gasteiger partial charge >= 0.3 is 0 Å². The molecule has 0 aliphatic carbocycles. The minimum Gasteiger partial charge on any atom is -0.376 e. The van der Waals surface area contributed by atoms with Gasteiger partial charge in [-0.05, 0) is 43.0 Å². The number of amides is 2. The van der Waals surface area contributed by atoms with Crippen molar-refractivity contribution in [3.8, 4) is 0 Å². The number of aromatic nitrogens is 1. The molecule has 1 saturated heterocycles. The van der Waals surface area contributed by atoms with Crippen molar-refractivity contribution in [3.63, 3.8) is 0 Å². The maximum absolute atomic E-state index is 12.5. The molecule has 0 radical (unpaired) electrons. The molecule has 6 heteroatoms. The van der Waals surface area contributed by atoms with E-state index in [0.29, 0.717) is 12.1 Å². The fourth-order valence-corrected chi connectivity index (χ4v) is 2.94. The number of carbonyl (C=O) groups is 2. The van der Waals surface area contributed by atoms with Crippen LogP contribution in [0.25, 0.3) is 0 Å². The minimum atomic E-state index is -0.302. The molecule has 136 valence electrons. The van der Waals surface area contributed by atoms with E-state index in [9.17, 15) is 9.59 Å². The van der Waals surface area contributed by atoms with Gasteiger partial charge in [0.25, 0.3) is 11.8 Å². The number of pyridine rings is 1. The van der Waals surface area contributed by atoms with E-state index in [-0.39, 0.29) is 23.6 Å². The summed E-state index contributed by atoms with van der Waals surface area (Å²) in [5, 5.41) is 5.72. The van der Waals surface area contributed by atoms with Crippen molar-refractivity contribution in [3.05, 3.63) is 59.4 Å². The highest BCUT2D eigenvalue weighted by Gasteiger charge is 2.18. The lowest BCUT2D eigenvalue weighted by atomic mass is 10.1. The van der Waals surface area contributed by atoms with Gasteiger partial charge in [-0.3, -0.25) is 14.6 Å². The first kappa shape index (κ1) is 18.1. The fraction of sp³-hybridized carbons (Fsp3) is 0.350. The maximum Gasteiger partial charge on any atom is 0.269 e. The molecule has 0 spiro atoms. The topological polar surface area (TPSA) is 80.3 Å². The first-order chi connectivity index (χ1) is 12.7. The van der Waals surface area contributed by atoms with Crippen molar-refractivity contribution in [2.24, 2.45) is 0 Å². The molecule has 1 aromatic heterocycles. The second kappa shape index (κ2) is 8.58. The normalized spacial score (nSPS) is 16.3. The molecule has 1 aliphatic heterocycles. The number of hydrogen-bond acceptors (Lipinski definition) is 4. The Balaban J connectivity index is 1.65. The molecule has 0 saturated carbocycles. The lowest BCUT2D eigenvalue weighted by Crippen LogP contribution is -2.32. The average molecular weight is 353 g/mol. The Kier molecular flexibility index (Phi) is 5.96. The summed E-state index contributed by atoms with van der Waals surface area (Å²) in [5.41, 5.74) is 2.46. The summed E-state index contributed by atoms with van der Waals surface area (Å²) in [5.74, 6) is -0.564. The van der Waals surface area contributed by atoms with Gasteiger partial charge in [0, 0.05) is 30.6 Å². The summed E-state index contributed by atoms with van der Waals surface area (Å²) in [6.45, 7) is 3.24. The standard InChI is InChI=1S/C20H23N3O3/c1-2-14-6-3-4-8-17(14)23-19(24)15-9-10-21-18(12-15)20(25)22-13-16-7-5-11-26-16/h3-4,6,8-10,12,16H,2,5,7,11,13H2,1H3,(H,22,25)(H,23,24). The summed E-state index contributed by atoms with van der Waals surface area (Å²) in [6, 6.07) is 10.8. The number of carbonyl (C=O) groups excluding carboxylic acids is 2. The summed E-state index contributed by atoms with van der Waals surface area (Å²) in [6.07, 6.45) is 4.34. The van der Waals surface area contributed by atoms with E-state index in [1.165, 1.54) is 12.3 Å². The maximum atomic E-state index is 12.5. The molecule has 2 N–H and O–H groups in total. The largest absolute Gasteiger partial charge is 0.376 e. The van der Waals surface area contributed by atoms with Crippen LogP contribution in [0.5, 0.6) is 0 Å². The molecule has 0 bridgehead atoms. The van der Waals surface area contributed by atoms with Gasteiger partial charge in [0.2, 0.25) is 0 Å². The molecule has 2 aromatic rings. The van der Waals surface area contributed by atoms with Crippen LogP contribution in [0.4, 0.5) is 5.69 Å². The first-order valence-corrected chi connectivity index (χ1v) is 8.92. The number of nitrogens with one attached hydrogen (secondary N) is 2. The van der Waals surface area contributed by atoms with Crippen molar-refractivity contribution < 1.29 is 14.3 Å². The predicted octanol–water partition coefficient (Wildman–Crippen LogP) is 2.81. The minimum absolute atomic E-state index is 0.0657. The highest BCUT2D eigenvalue weighted by Crippen LogP contribution is 2.17. The summed E-state index contributed by atoms with van der Waals surface area (Å²) >= 11 is 0. The van der Waals surface area contributed by atoms with Crippen LogP contribution >= 0.6 is 0 Å². The van der Waals surface area contributed by atoms with Gasteiger partial charge in [0.15, 0.2) is 0 Å². The van der Waals surface area contributed by atoms with E-state index in [2.05, 4.69) is 15.6 Å². The molecule has 2 amide bonds. The Bertz CT molecular complexity index is 785. The third kappa shape index (κ3) is 4.46. The van der Waals surface area contributed by atoms with Crippen LogP contribution in [0.2, 0.25) is 0 Å². The number of nitrogens with zero attached hydrogens (tertiary/aromatic N) is 1. The number of aryl methyl sites for hydroxylation is 1. The number of ether oxygens (including phenoxy) is 1. The second-order valence-corrected chi connectivity index (χ2v) is 6.24. The predicted molar refractivity (Wildman–Crippen MR) is 99.3 cm³/mol. The lowest BCUT2D eigenvalue weighted by Gasteiger charge is -2.12. The van der Waals surface area contributed by atoms with Crippen LogP contribution < -0.4 is 10.6 Å². The molecular weight excluding hydrogens is 330 g/mol. The molecule has 1 unspecified atom stereocenters. The first-order valence-electron chi connectivity index (χ1n) is 8.92. The van der Waals surface area contributed by atoms with E-state index in [4.69, 9.17) is 4.74 Å². The van der Waals surface area contributed by atoms with Gasteiger partial charge in [-0.2, -0.15) is 0 Å². The Morgan fingerprint density at radius 2 is 2.08 bits per heavy atom. The Hall–Kier alpha value is -2.73. The number of rotatable bonds is 6. The molecule has 6 nitrogen and oxygen atoms in total. The van der Waals surface area contributed by atoms with Crippen molar-refractivity contribution in [2.75, 3.05) is 18.5 Å². The average Bonchev–Trinajstić information content (AvgIpc) is 3.20. The van der Waals surface area contributed by atoms with E-state index in [1.807, 2.05) is 31.2 Å². The molecule has 1 aliphatic rings. The van der Waals surface area contributed by atoms with Crippen LogP contribution in [-0.4, -0.2) is 36.1 Å². The quantitative estimate of drug-likeness (QED) is 0.837. The Morgan fingerprint density at radius 3 is 2.85 bits per heavy atom. The summed E-state index contributed by atoms with van der Waals surface area (Å²) < 4.78 is 5.49. The number of hydrogen-bond donors (Lipinski definition) is 2. The van der Waals surface area contributed by atoms with Gasteiger partial charge in [0.05, 0.1) is 6.10 Å². The van der Waals surface area contributed by atoms with Crippen molar-refractivity contribution >= 4 is 17.5 Å². The van der Waals surface area contributed by atoms with Crippen LogP contribution in [-0.2, 0) is 11.2 Å². The molecule has 1 atom stereocenters. The van der Waals surface area contributed by atoms with Crippen LogP contribution in [0.3, 0.4) is 0 Å². The van der Waals surface area contributed by atoms with Gasteiger partial charge in [0.1, 0.15) is 5.69 Å². The SMILES string of the molecule is CCc1ccccc1NC(=O)c1ccnc(C(=O)NCC2CCCO2)c1. The van der Waals surface area contributed by atoms with Gasteiger partial charge in [-0.15, -0.1) is 0 Å². The van der Waals surface area contributed by atoms with Gasteiger partial charge < -0.3 is 15.4 Å². The van der Waals surface area contributed by atoms with E-state index in [1.54, 1.807) is 6.07 Å². The number of para-hydroxylation sites is 1. The molecule has 1 fully saturated rings. The molecule has 3 rings (SSSR count). The Morgan fingerprint density at radius 1 is 1.23 bits per heavy atom. The molecular formula is C20H23N3O3. The van der Waals surface area contributed by atoms with Crippen molar-refractivity contribution in [2.45, 2.75) is 32.3 Å². The zero-order valence-electron chi connectivity index (χ0n) is 14.8. The summed E-state index contributed by atoms with van der Waals surface area (Å²) in [7, 11) is 0. The molecule has 26 heavy (non-hydrogen) atoms. The van der Waals surface area contributed by atoms with Crippen molar-refractivity contribution in [1.29, 1.82) is 0 Å². The van der Waals surface area contributed by atoms with E-state index >= 15 is 0 Å². The van der Waals surface area contributed by atoms with Crippen LogP contribution in [0.15, 0.2) is 42.6 Å². The number of benzene rings is 1. The fourth-order valence-electron chi connectivity index (χ4n) is 2.94. The highest BCUT2D eigenvalue weighted by molar-refractivity contribution is 6.06. The third-order valence-corrected chi connectivity index (χ3v) is 4.42. The van der Waals surface area contributed by atoms with Crippen LogP contribution in [0, 0.1) is 0 Å².